The van der Waals surface area contributed by atoms with Crippen LogP contribution in [-0.2, 0) is 14.6 Å². The summed E-state index contributed by atoms with van der Waals surface area (Å²) in [5, 5.41) is 3.06. The Morgan fingerprint density at radius 3 is 2.33 bits per heavy atom. The fourth-order valence-electron chi connectivity index (χ4n) is 1.91. The van der Waals surface area contributed by atoms with E-state index in [9.17, 15) is 13.2 Å². The maximum Gasteiger partial charge on any atom is 0.225 e. The van der Waals surface area contributed by atoms with Gasteiger partial charge in [0.1, 0.15) is 5.75 Å². The van der Waals surface area contributed by atoms with Crippen LogP contribution < -0.4 is 10.1 Å². The molecule has 0 saturated heterocycles. The number of halogens is 2. The lowest BCUT2D eigenvalue weighted by Crippen LogP contribution is -2.17. The molecule has 5 nitrogen and oxygen atoms in total. The Hall–Kier alpha value is -1.76. The van der Waals surface area contributed by atoms with Gasteiger partial charge in [0.2, 0.25) is 5.91 Å². The second-order valence-electron chi connectivity index (χ2n) is 4.92. The summed E-state index contributed by atoms with van der Waals surface area (Å²) in [5.74, 6) is -0.0635. The van der Waals surface area contributed by atoms with Crippen LogP contribution in [0, 0.1) is 0 Å². The molecule has 2 aromatic carbocycles. The van der Waals surface area contributed by atoms with E-state index in [1.807, 2.05) is 0 Å². The van der Waals surface area contributed by atoms with Gasteiger partial charge in [-0.3, -0.25) is 4.79 Å². The van der Waals surface area contributed by atoms with Crippen LogP contribution in [0.3, 0.4) is 0 Å². The molecule has 0 unspecified atom stereocenters. The molecule has 1 N–H and O–H groups in total. The zero-order valence-electron chi connectivity index (χ0n) is 12.8. The first-order valence-electron chi connectivity index (χ1n) is 6.93. The van der Waals surface area contributed by atoms with Crippen LogP contribution in [0.4, 0.5) is 5.69 Å². The van der Waals surface area contributed by atoms with E-state index in [0.29, 0.717) is 11.4 Å². The summed E-state index contributed by atoms with van der Waals surface area (Å²) in [5.41, 5.74) is 0.563. The number of amides is 1. The number of methoxy groups -OCH3 is 1. The number of carbonyl (C=O) groups is 1. The molecular weight excluding hydrogens is 373 g/mol. The fraction of sp³-hybridized carbons (Fsp3) is 0.188. The number of ether oxygens (including phenoxy) is 1. The molecule has 2 rings (SSSR count). The van der Waals surface area contributed by atoms with Gasteiger partial charge in [-0.2, -0.15) is 0 Å². The minimum absolute atomic E-state index is 0.0362. The van der Waals surface area contributed by atoms with Crippen LogP contribution in [-0.4, -0.2) is 27.2 Å². The van der Waals surface area contributed by atoms with Crippen molar-refractivity contribution in [1.82, 2.24) is 0 Å². The molecule has 0 radical (unpaired) electrons. The number of benzene rings is 2. The Balaban J connectivity index is 1.97. The first-order valence-corrected chi connectivity index (χ1v) is 9.34. The van der Waals surface area contributed by atoms with E-state index in [0.717, 1.165) is 0 Å². The van der Waals surface area contributed by atoms with Gasteiger partial charge in [-0.15, -0.1) is 0 Å². The Bertz CT molecular complexity index is 836. The molecule has 0 aromatic heterocycles. The highest BCUT2D eigenvalue weighted by Gasteiger charge is 2.17. The van der Waals surface area contributed by atoms with Gasteiger partial charge >= 0.3 is 0 Å². The summed E-state index contributed by atoms with van der Waals surface area (Å²) in [6, 6.07) is 10.8. The summed E-state index contributed by atoms with van der Waals surface area (Å²) < 4.78 is 29.5. The van der Waals surface area contributed by atoms with Gasteiger partial charge in [-0.25, -0.2) is 8.42 Å². The molecule has 0 aliphatic heterocycles. The van der Waals surface area contributed by atoms with Crippen molar-refractivity contribution in [3.63, 3.8) is 0 Å². The molecule has 2 aromatic rings. The number of carbonyl (C=O) groups excluding carboxylic acids is 1. The van der Waals surface area contributed by atoms with Crippen LogP contribution in [0.25, 0.3) is 0 Å². The second kappa shape index (κ2) is 7.88. The molecule has 0 aliphatic rings. The zero-order chi connectivity index (χ0) is 17.7. The van der Waals surface area contributed by atoms with Crippen LogP contribution in [0.5, 0.6) is 5.75 Å². The van der Waals surface area contributed by atoms with Gasteiger partial charge in [0.15, 0.2) is 9.84 Å². The predicted molar refractivity (Wildman–Crippen MR) is 94.8 cm³/mol. The van der Waals surface area contributed by atoms with Gasteiger partial charge in [0.25, 0.3) is 0 Å². The Kier molecular flexibility index (Phi) is 6.10. The maximum absolute atomic E-state index is 12.2. The zero-order valence-corrected chi connectivity index (χ0v) is 15.1. The highest BCUT2D eigenvalue weighted by Crippen LogP contribution is 2.25. The first-order chi connectivity index (χ1) is 11.3. The summed E-state index contributed by atoms with van der Waals surface area (Å²) in [4.78, 5) is 11.9. The molecular formula is C16H15Cl2NO4S. The first kappa shape index (κ1) is 18.6. The molecule has 24 heavy (non-hydrogen) atoms. The molecule has 0 atom stereocenters. The molecule has 0 fully saturated rings. The minimum Gasteiger partial charge on any atom is -0.497 e. The standard InChI is InChI=1S/C16H15Cl2NO4S/c1-23-12-4-2-11(3-5-12)19-16(20)8-9-24(21,22)13-6-7-14(17)15(18)10-13/h2-7,10H,8-9H2,1H3,(H,19,20). The molecule has 0 aliphatic carbocycles. The molecule has 0 spiro atoms. The van der Waals surface area contributed by atoms with Crippen molar-refractivity contribution in [3.05, 3.63) is 52.5 Å². The van der Waals surface area contributed by atoms with Crippen LogP contribution in [0.15, 0.2) is 47.4 Å². The van der Waals surface area contributed by atoms with E-state index in [1.54, 1.807) is 31.4 Å². The molecule has 0 saturated carbocycles. The number of sulfone groups is 1. The lowest BCUT2D eigenvalue weighted by Gasteiger charge is -2.08. The average Bonchev–Trinajstić information content (AvgIpc) is 2.56. The number of nitrogens with one attached hydrogen (secondary N) is 1. The maximum atomic E-state index is 12.2. The third kappa shape index (κ3) is 4.87. The van der Waals surface area contributed by atoms with Gasteiger partial charge in [-0.05, 0) is 42.5 Å². The van der Waals surface area contributed by atoms with Crippen molar-refractivity contribution in [2.45, 2.75) is 11.3 Å². The largest absolute Gasteiger partial charge is 0.497 e. The van der Waals surface area contributed by atoms with Crippen LogP contribution in [0.2, 0.25) is 10.0 Å². The second-order valence-corrected chi connectivity index (χ2v) is 7.85. The van der Waals surface area contributed by atoms with Crippen molar-refractivity contribution in [2.75, 3.05) is 18.2 Å². The van der Waals surface area contributed by atoms with E-state index in [4.69, 9.17) is 27.9 Å². The summed E-state index contributed by atoms with van der Waals surface area (Å²) >= 11 is 11.6. The van der Waals surface area contributed by atoms with Crippen LogP contribution in [0.1, 0.15) is 6.42 Å². The molecule has 0 heterocycles. The molecule has 0 bridgehead atoms. The van der Waals surface area contributed by atoms with E-state index >= 15 is 0 Å². The monoisotopic (exact) mass is 387 g/mol. The van der Waals surface area contributed by atoms with Crippen molar-refractivity contribution in [2.24, 2.45) is 0 Å². The van der Waals surface area contributed by atoms with Gasteiger partial charge in [0, 0.05) is 12.1 Å². The summed E-state index contributed by atoms with van der Waals surface area (Å²) in [6.45, 7) is 0. The highest BCUT2D eigenvalue weighted by atomic mass is 35.5. The third-order valence-electron chi connectivity index (χ3n) is 3.22. The van der Waals surface area contributed by atoms with Crippen molar-refractivity contribution in [1.29, 1.82) is 0 Å². The van der Waals surface area contributed by atoms with Gasteiger partial charge < -0.3 is 10.1 Å². The van der Waals surface area contributed by atoms with E-state index in [2.05, 4.69) is 5.32 Å². The number of rotatable bonds is 6. The Morgan fingerprint density at radius 1 is 1.08 bits per heavy atom. The predicted octanol–water partition coefficient (Wildman–Crippen LogP) is 3.80. The highest BCUT2D eigenvalue weighted by molar-refractivity contribution is 7.91. The summed E-state index contributed by atoms with van der Waals surface area (Å²) in [7, 11) is -2.08. The van der Waals surface area contributed by atoms with Crippen LogP contribution >= 0.6 is 23.2 Å². The molecule has 8 heteroatoms. The Morgan fingerprint density at radius 2 is 1.75 bits per heavy atom. The smallest absolute Gasteiger partial charge is 0.225 e. The lowest BCUT2D eigenvalue weighted by atomic mass is 10.3. The van der Waals surface area contributed by atoms with Crippen molar-refractivity contribution >= 4 is 44.6 Å². The van der Waals surface area contributed by atoms with Crippen molar-refractivity contribution < 1.29 is 17.9 Å². The minimum atomic E-state index is -3.62. The molecule has 128 valence electrons. The van der Waals surface area contributed by atoms with Gasteiger partial charge in [0.05, 0.1) is 27.8 Å². The summed E-state index contributed by atoms with van der Waals surface area (Å²) in [6.07, 6.45) is -0.172. The quantitative estimate of drug-likeness (QED) is 0.817. The SMILES string of the molecule is COc1ccc(NC(=O)CCS(=O)(=O)c2ccc(Cl)c(Cl)c2)cc1. The third-order valence-corrected chi connectivity index (χ3v) is 5.67. The number of hydrogen-bond donors (Lipinski definition) is 1. The van der Waals surface area contributed by atoms with Gasteiger partial charge in [-0.1, -0.05) is 23.2 Å². The van der Waals surface area contributed by atoms with E-state index < -0.39 is 15.7 Å². The lowest BCUT2D eigenvalue weighted by molar-refractivity contribution is -0.115. The number of anilines is 1. The fourth-order valence-corrected chi connectivity index (χ4v) is 3.54. The van der Waals surface area contributed by atoms with E-state index in [-0.39, 0.29) is 27.1 Å². The average molecular weight is 388 g/mol. The van der Waals surface area contributed by atoms with E-state index in [1.165, 1.54) is 18.2 Å². The number of hydrogen-bond acceptors (Lipinski definition) is 4. The molecule has 1 amide bonds. The normalized spacial score (nSPS) is 11.1. The Labute approximate surface area is 150 Å². The van der Waals surface area contributed by atoms with Crippen molar-refractivity contribution in [3.8, 4) is 5.75 Å². The topological polar surface area (TPSA) is 72.5 Å².